The number of carbonyl (C=O) groups excluding carboxylic acids is 1. The second kappa shape index (κ2) is 5.59. The standard InChI is InChI=1S/C13H8BrClFNO2/c14-7-1-4-12(10(15)5-7)17-13(19)9-3-2-8(18)6-11(9)16/h1-6,18H,(H,17,19). The van der Waals surface area contributed by atoms with Crippen molar-refractivity contribution in [3.05, 3.63) is 57.3 Å². The van der Waals surface area contributed by atoms with Gasteiger partial charge in [-0.15, -0.1) is 0 Å². The number of amides is 1. The van der Waals surface area contributed by atoms with Gasteiger partial charge in [-0.3, -0.25) is 4.79 Å². The van der Waals surface area contributed by atoms with Crippen LogP contribution in [0.25, 0.3) is 0 Å². The topological polar surface area (TPSA) is 49.3 Å². The molecule has 0 bridgehead atoms. The summed E-state index contributed by atoms with van der Waals surface area (Å²) in [7, 11) is 0. The predicted octanol–water partition coefficient (Wildman–Crippen LogP) is 4.20. The molecule has 19 heavy (non-hydrogen) atoms. The average molecular weight is 345 g/mol. The number of hydrogen-bond acceptors (Lipinski definition) is 2. The Morgan fingerprint density at radius 3 is 2.63 bits per heavy atom. The van der Waals surface area contributed by atoms with Gasteiger partial charge in [0.15, 0.2) is 0 Å². The normalized spacial score (nSPS) is 10.3. The predicted molar refractivity (Wildman–Crippen MR) is 75.2 cm³/mol. The van der Waals surface area contributed by atoms with Crippen molar-refractivity contribution in [2.24, 2.45) is 0 Å². The molecule has 0 aliphatic rings. The minimum absolute atomic E-state index is 0.170. The zero-order chi connectivity index (χ0) is 14.0. The number of rotatable bonds is 2. The van der Waals surface area contributed by atoms with Crippen LogP contribution in [0.2, 0.25) is 5.02 Å². The molecule has 0 atom stereocenters. The molecule has 2 N–H and O–H groups in total. The maximum Gasteiger partial charge on any atom is 0.258 e. The third kappa shape index (κ3) is 3.24. The molecule has 0 fully saturated rings. The number of anilines is 1. The number of benzene rings is 2. The van der Waals surface area contributed by atoms with Gasteiger partial charge in [0.1, 0.15) is 11.6 Å². The van der Waals surface area contributed by atoms with Gasteiger partial charge < -0.3 is 10.4 Å². The first kappa shape index (κ1) is 13.8. The Morgan fingerprint density at radius 2 is 2.00 bits per heavy atom. The fourth-order valence-corrected chi connectivity index (χ4v) is 2.19. The van der Waals surface area contributed by atoms with Crippen molar-refractivity contribution in [3.8, 4) is 5.75 Å². The van der Waals surface area contributed by atoms with Crippen LogP contribution in [0.3, 0.4) is 0 Å². The van der Waals surface area contributed by atoms with Crippen molar-refractivity contribution in [2.75, 3.05) is 5.32 Å². The van der Waals surface area contributed by atoms with E-state index in [1.807, 2.05) is 0 Å². The minimum Gasteiger partial charge on any atom is -0.508 e. The Hall–Kier alpha value is -1.59. The van der Waals surface area contributed by atoms with E-state index in [4.69, 9.17) is 16.7 Å². The van der Waals surface area contributed by atoms with Crippen molar-refractivity contribution >= 4 is 39.1 Å². The van der Waals surface area contributed by atoms with E-state index in [1.54, 1.807) is 18.2 Å². The molecule has 0 aromatic heterocycles. The van der Waals surface area contributed by atoms with E-state index in [0.29, 0.717) is 10.7 Å². The molecule has 3 nitrogen and oxygen atoms in total. The molecule has 0 aliphatic heterocycles. The van der Waals surface area contributed by atoms with Gasteiger partial charge in [-0.05, 0) is 30.3 Å². The highest BCUT2D eigenvalue weighted by atomic mass is 79.9. The van der Waals surface area contributed by atoms with E-state index < -0.39 is 11.7 Å². The molecular weight excluding hydrogens is 337 g/mol. The summed E-state index contributed by atoms with van der Waals surface area (Å²) < 4.78 is 14.3. The maximum atomic E-state index is 13.5. The molecule has 0 radical (unpaired) electrons. The van der Waals surface area contributed by atoms with E-state index in [0.717, 1.165) is 10.5 Å². The lowest BCUT2D eigenvalue weighted by atomic mass is 10.2. The summed E-state index contributed by atoms with van der Waals surface area (Å²) in [6.07, 6.45) is 0. The lowest BCUT2D eigenvalue weighted by molar-refractivity contribution is 0.102. The molecular formula is C13H8BrClFNO2. The lowest BCUT2D eigenvalue weighted by Crippen LogP contribution is -2.13. The fourth-order valence-electron chi connectivity index (χ4n) is 1.47. The van der Waals surface area contributed by atoms with Crippen LogP contribution in [0.4, 0.5) is 10.1 Å². The SMILES string of the molecule is O=C(Nc1ccc(Br)cc1Cl)c1ccc(O)cc1F. The summed E-state index contributed by atoms with van der Waals surface area (Å²) in [6, 6.07) is 8.23. The Balaban J connectivity index is 2.25. The summed E-state index contributed by atoms with van der Waals surface area (Å²) in [6.45, 7) is 0. The molecule has 0 saturated heterocycles. The van der Waals surface area contributed by atoms with Crippen LogP contribution >= 0.6 is 27.5 Å². The fraction of sp³-hybridized carbons (Fsp3) is 0. The summed E-state index contributed by atoms with van der Waals surface area (Å²) in [5.41, 5.74) is 0.208. The van der Waals surface area contributed by atoms with Crippen molar-refractivity contribution in [1.82, 2.24) is 0 Å². The van der Waals surface area contributed by atoms with Gasteiger partial charge in [0.25, 0.3) is 5.91 Å². The molecule has 2 aromatic rings. The van der Waals surface area contributed by atoms with Gasteiger partial charge >= 0.3 is 0 Å². The van der Waals surface area contributed by atoms with Gasteiger partial charge in [0.05, 0.1) is 16.3 Å². The van der Waals surface area contributed by atoms with E-state index in [9.17, 15) is 9.18 Å². The molecule has 2 aromatic carbocycles. The first-order valence-electron chi connectivity index (χ1n) is 5.22. The monoisotopic (exact) mass is 343 g/mol. The molecule has 0 heterocycles. The number of aromatic hydroxyl groups is 1. The number of nitrogens with one attached hydrogen (secondary N) is 1. The molecule has 1 amide bonds. The number of carbonyl (C=O) groups is 1. The molecule has 6 heteroatoms. The smallest absolute Gasteiger partial charge is 0.258 e. The molecule has 98 valence electrons. The van der Waals surface area contributed by atoms with E-state index >= 15 is 0 Å². The van der Waals surface area contributed by atoms with Crippen LogP contribution < -0.4 is 5.32 Å². The first-order chi connectivity index (χ1) is 8.97. The van der Waals surface area contributed by atoms with Crippen LogP contribution in [0, 0.1) is 5.82 Å². The Morgan fingerprint density at radius 1 is 1.26 bits per heavy atom. The maximum absolute atomic E-state index is 13.5. The first-order valence-corrected chi connectivity index (χ1v) is 6.39. The van der Waals surface area contributed by atoms with Crippen LogP contribution in [0.5, 0.6) is 5.75 Å². The van der Waals surface area contributed by atoms with Gasteiger partial charge in [-0.1, -0.05) is 27.5 Å². The second-order valence-corrected chi connectivity index (χ2v) is 5.07. The summed E-state index contributed by atoms with van der Waals surface area (Å²) >= 11 is 9.19. The molecule has 2 rings (SSSR count). The van der Waals surface area contributed by atoms with Crippen molar-refractivity contribution in [2.45, 2.75) is 0 Å². The zero-order valence-corrected chi connectivity index (χ0v) is 11.8. The van der Waals surface area contributed by atoms with Gasteiger partial charge in [-0.25, -0.2) is 4.39 Å². The van der Waals surface area contributed by atoms with Gasteiger partial charge in [0, 0.05) is 10.5 Å². The van der Waals surface area contributed by atoms with Gasteiger partial charge in [-0.2, -0.15) is 0 Å². The molecule has 0 spiro atoms. The van der Waals surface area contributed by atoms with Crippen LogP contribution in [-0.2, 0) is 0 Å². The number of phenols is 1. The Bertz CT molecular complexity index is 649. The largest absolute Gasteiger partial charge is 0.508 e. The highest BCUT2D eigenvalue weighted by molar-refractivity contribution is 9.10. The minimum atomic E-state index is -0.800. The highest BCUT2D eigenvalue weighted by Crippen LogP contribution is 2.26. The van der Waals surface area contributed by atoms with E-state index in [-0.39, 0.29) is 11.3 Å². The van der Waals surface area contributed by atoms with Crippen LogP contribution in [-0.4, -0.2) is 11.0 Å². The number of hydrogen-bond donors (Lipinski definition) is 2. The quantitative estimate of drug-likeness (QED) is 0.858. The average Bonchev–Trinajstić information content (AvgIpc) is 2.32. The summed E-state index contributed by atoms with van der Waals surface area (Å²) in [5, 5.41) is 11.9. The third-order valence-electron chi connectivity index (χ3n) is 2.38. The van der Waals surface area contributed by atoms with Crippen molar-refractivity contribution in [1.29, 1.82) is 0 Å². The second-order valence-electron chi connectivity index (χ2n) is 3.74. The van der Waals surface area contributed by atoms with Crippen molar-refractivity contribution in [3.63, 3.8) is 0 Å². The van der Waals surface area contributed by atoms with E-state index in [1.165, 1.54) is 12.1 Å². The van der Waals surface area contributed by atoms with Gasteiger partial charge in [0.2, 0.25) is 0 Å². The number of phenolic OH excluding ortho intramolecular Hbond substituents is 1. The molecule has 0 aliphatic carbocycles. The summed E-state index contributed by atoms with van der Waals surface area (Å²) in [4.78, 5) is 11.9. The Kier molecular flexibility index (Phi) is 4.07. The lowest BCUT2D eigenvalue weighted by Gasteiger charge is -2.08. The Labute approximate surface area is 122 Å². The number of halogens is 3. The molecule has 0 saturated carbocycles. The van der Waals surface area contributed by atoms with E-state index in [2.05, 4.69) is 21.2 Å². The third-order valence-corrected chi connectivity index (χ3v) is 3.18. The van der Waals surface area contributed by atoms with Crippen LogP contribution in [0.1, 0.15) is 10.4 Å². The zero-order valence-electron chi connectivity index (χ0n) is 9.45. The summed E-state index contributed by atoms with van der Waals surface area (Å²) in [5.74, 6) is -1.68. The highest BCUT2D eigenvalue weighted by Gasteiger charge is 2.13. The van der Waals surface area contributed by atoms with Crippen LogP contribution in [0.15, 0.2) is 40.9 Å². The molecule has 0 unspecified atom stereocenters. The van der Waals surface area contributed by atoms with Crippen molar-refractivity contribution < 1.29 is 14.3 Å².